The van der Waals surface area contributed by atoms with E-state index >= 15 is 0 Å². The number of hydrogen-bond acceptors (Lipinski definition) is 3. The fourth-order valence-electron chi connectivity index (χ4n) is 2.48. The van der Waals surface area contributed by atoms with Crippen molar-refractivity contribution in [3.8, 4) is 16.9 Å². The van der Waals surface area contributed by atoms with Crippen LogP contribution in [0.5, 0.6) is 0 Å². The van der Waals surface area contributed by atoms with Crippen molar-refractivity contribution in [2.75, 3.05) is 0 Å². The highest BCUT2D eigenvalue weighted by Crippen LogP contribution is 2.34. The SMILES string of the molecule is NS(=O)(=O)c1ccccc1-n1nc(C(F)(F)F)cc1-c1cc(F)cc(F)c1. The number of nitrogens with zero attached hydrogens (tertiary/aromatic N) is 2. The molecule has 0 fully saturated rings. The Bertz CT molecular complexity index is 1100. The maximum atomic E-state index is 13.5. The fraction of sp³-hybridized carbons (Fsp3) is 0.0625. The topological polar surface area (TPSA) is 78.0 Å². The first-order valence-electron chi connectivity index (χ1n) is 7.23. The van der Waals surface area contributed by atoms with Crippen molar-refractivity contribution in [2.45, 2.75) is 11.1 Å². The minimum absolute atomic E-state index is 0.264. The summed E-state index contributed by atoms with van der Waals surface area (Å²) in [5.41, 5.74) is -2.29. The van der Waals surface area contributed by atoms with Crippen LogP contribution in [0.4, 0.5) is 22.0 Å². The number of hydrogen-bond donors (Lipinski definition) is 1. The lowest BCUT2D eigenvalue weighted by Crippen LogP contribution is -2.16. The Kier molecular flexibility index (Phi) is 4.52. The molecule has 0 saturated heterocycles. The molecule has 0 aliphatic rings. The van der Waals surface area contributed by atoms with Gasteiger partial charge in [0, 0.05) is 11.6 Å². The largest absolute Gasteiger partial charge is 0.435 e. The zero-order chi connectivity index (χ0) is 20.0. The molecule has 0 aliphatic carbocycles. The van der Waals surface area contributed by atoms with Crippen LogP contribution in [0.15, 0.2) is 53.4 Å². The lowest BCUT2D eigenvalue weighted by Gasteiger charge is -2.11. The Hall–Kier alpha value is -2.79. The van der Waals surface area contributed by atoms with Gasteiger partial charge in [0.05, 0.1) is 11.4 Å². The van der Waals surface area contributed by atoms with Crippen molar-refractivity contribution < 1.29 is 30.4 Å². The lowest BCUT2D eigenvalue weighted by atomic mass is 10.1. The fourth-order valence-corrected chi connectivity index (χ4v) is 3.20. The van der Waals surface area contributed by atoms with Crippen molar-refractivity contribution in [3.63, 3.8) is 0 Å². The van der Waals surface area contributed by atoms with E-state index in [-0.39, 0.29) is 16.9 Å². The Morgan fingerprint density at radius 2 is 1.56 bits per heavy atom. The number of aromatic nitrogens is 2. The van der Waals surface area contributed by atoms with E-state index in [2.05, 4.69) is 5.10 Å². The number of rotatable bonds is 3. The quantitative estimate of drug-likeness (QED) is 0.680. The molecule has 2 aromatic carbocycles. The molecule has 0 saturated carbocycles. The van der Waals surface area contributed by atoms with Gasteiger partial charge in [-0.1, -0.05) is 12.1 Å². The molecule has 142 valence electrons. The van der Waals surface area contributed by atoms with Crippen LogP contribution in [0, 0.1) is 11.6 Å². The van der Waals surface area contributed by atoms with E-state index in [0.29, 0.717) is 16.8 Å². The summed E-state index contributed by atoms with van der Waals surface area (Å²) in [5, 5.41) is 8.50. The van der Waals surface area contributed by atoms with Gasteiger partial charge in [0.25, 0.3) is 0 Å². The molecule has 0 amide bonds. The van der Waals surface area contributed by atoms with Crippen LogP contribution in [-0.4, -0.2) is 18.2 Å². The Balaban J connectivity index is 2.36. The van der Waals surface area contributed by atoms with Gasteiger partial charge in [0.1, 0.15) is 16.5 Å². The average molecular weight is 403 g/mol. The van der Waals surface area contributed by atoms with Crippen molar-refractivity contribution in [2.24, 2.45) is 5.14 Å². The first-order valence-corrected chi connectivity index (χ1v) is 8.77. The number of alkyl halides is 3. The van der Waals surface area contributed by atoms with E-state index < -0.39 is 38.4 Å². The molecule has 0 unspecified atom stereocenters. The van der Waals surface area contributed by atoms with Crippen molar-refractivity contribution >= 4 is 10.0 Å². The highest BCUT2D eigenvalue weighted by Gasteiger charge is 2.36. The molecule has 3 aromatic rings. The molecule has 0 radical (unpaired) electrons. The number of nitrogens with two attached hydrogens (primary N) is 1. The third kappa shape index (κ3) is 3.83. The summed E-state index contributed by atoms with van der Waals surface area (Å²) in [7, 11) is -4.31. The molecule has 1 heterocycles. The summed E-state index contributed by atoms with van der Waals surface area (Å²) in [6, 6.07) is 7.64. The molecular weight excluding hydrogens is 393 g/mol. The van der Waals surface area contributed by atoms with Gasteiger partial charge in [-0.25, -0.2) is 27.0 Å². The highest BCUT2D eigenvalue weighted by molar-refractivity contribution is 7.89. The third-order valence-electron chi connectivity index (χ3n) is 3.56. The monoisotopic (exact) mass is 403 g/mol. The number of sulfonamides is 1. The van der Waals surface area contributed by atoms with Crippen LogP contribution in [0.1, 0.15) is 5.69 Å². The molecule has 5 nitrogen and oxygen atoms in total. The first kappa shape index (κ1) is 19.0. The Labute approximate surface area is 149 Å². The Morgan fingerprint density at radius 1 is 0.963 bits per heavy atom. The predicted molar refractivity (Wildman–Crippen MR) is 85.3 cm³/mol. The molecule has 1 aromatic heterocycles. The van der Waals surface area contributed by atoms with E-state index in [0.717, 1.165) is 18.2 Å². The van der Waals surface area contributed by atoms with Crippen LogP contribution in [0.25, 0.3) is 16.9 Å². The van der Waals surface area contributed by atoms with Gasteiger partial charge in [0.15, 0.2) is 5.69 Å². The molecule has 2 N–H and O–H groups in total. The zero-order valence-electron chi connectivity index (χ0n) is 13.2. The lowest BCUT2D eigenvalue weighted by molar-refractivity contribution is -0.141. The molecule has 0 spiro atoms. The number of para-hydroxylation sites is 1. The summed E-state index contributed by atoms with van der Waals surface area (Å²) < 4.78 is 90.7. The zero-order valence-corrected chi connectivity index (χ0v) is 14.0. The summed E-state index contributed by atoms with van der Waals surface area (Å²) >= 11 is 0. The first-order chi connectivity index (χ1) is 12.5. The van der Waals surface area contributed by atoms with Gasteiger partial charge >= 0.3 is 6.18 Å². The second-order valence-corrected chi connectivity index (χ2v) is 7.03. The summed E-state index contributed by atoms with van der Waals surface area (Å²) in [4.78, 5) is -0.500. The van der Waals surface area contributed by atoms with Gasteiger partial charge in [-0.2, -0.15) is 18.3 Å². The maximum Gasteiger partial charge on any atom is 0.435 e. The predicted octanol–water partition coefficient (Wildman–Crippen LogP) is 3.48. The highest BCUT2D eigenvalue weighted by atomic mass is 32.2. The van der Waals surface area contributed by atoms with Crippen LogP contribution >= 0.6 is 0 Å². The molecule has 0 atom stereocenters. The van der Waals surface area contributed by atoms with Gasteiger partial charge in [-0.3, -0.25) is 0 Å². The van der Waals surface area contributed by atoms with E-state index in [9.17, 15) is 30.4 Å². The summed E-state index contributed by atoms with van der Waals surface area (Å²) in [6.07, 6.45) is -4.87. The van der Waals surface area contributed by atoms with Crippen LogP contribution in [-0.2, 0) is 16.2 Å². The van der Waals surface area contributed by atoms with Crippen molar-refractivity contribution in [3.05, 3.63) is 65.9 Å². The molecule has 11 heteroatoms. The van der Waals surface area contributed by atoms with Gasteiger partial charge in [-0.05, 0) is 30.3 Å². The molecule has 0 aliphatic heterocycles. The van der Waals surface area contributed by atoms with Crippen molar-refractivity contribution in [1.29, 1.82) is 0 Å². The minimum atomic E-state index is -4.87. The van der Waals surface area contributed by atoms with E-state index in [4.69, 9.17) is 5.14 Å². The van der Waals surface area contributed by atoms with E-state index in [1.54, 1.807) is 0 Å². The van der Waals surface area contributed by atoms with Crippen LogP contribution in [0.3, 0.4) is 0 Å². The van der Waals surface area contributed by atoms with E-state index in [1.165, 1.54) is 18.2 Å². The molecule has 3 rings (SSSR count). The van der Waals surface area contributed by atoms with Crippen LogP contribution in [0.2, 0.25) is 0 Å². The number of halogens is 5. The van der Waals surface area contributed by atoms with Gasteiger partial charge in [-0.15, -0.1) is 0 Å². The number of benzene rings is 2. The second-order valence-electron chi connectivity index (χ2n) is 5.50. The maximum absolute atomic E-state index is 13.5. The summed E-state index contributed by atoms with van der Waals surface area (Å²) in [5.74, 6) is -2.04. The minimum Gasteiger partial charge on any atom is -0.231 e. The second kappa shape index (κ2) is 6.43. The molecule has 0 bridgehead atoms. The summed E-state index contributed by atoms with van der Waals surface area (Å²) in [6.45, 7) is 0. The van der Waals surface area contributed by atoms with Gasteiger partial charge in [0.2, 0.25) is 10.0 Å². The van der Waals surface area contributed by atoms with Crippen LogP contribution < -0.4 is 5.14 Å². The molecule has 27 heavy (non-hydrogen) atoms. The normalized spacial score (nSPS) is 12.4. The number of primary sulfonamides is 1. The Morgan fingerprint density at radius 3 is 2.11 bits per heavy atom. The smallest absolute Gasteiger partial charge is 0.231 e. The van der Waals surface area contributed by atoms with E-state index in [1.807, 2.05) is 0 Å². The third-order valence-corrected chi connectivity index (χ3v) is 4.52. The van der Waals surface area contributed by atoms with Gasteiger partial charge < -0.3 is 0 Å². The van der Waals surface area contributed by atoms with Crippen molar-refractivity contribution in [1.82, 2.24) is 9.78 Å². The standard InChI is InChI=1S/C16H10F5N3O2S/c17-10-5-9(6-11(18)7-10)13-8-15(16(19,20)21)23-24(13)12-3-1-2-4-14(12)27(22,25)26/h1-8H,(H2,22,25,26). The average Bonchev–Trinajstić information content (AvgIpc) is 2.98. The molecular formula is C16H10F5N3O2S.